The van der Waals surface area contributed by atoms with Crippen LogP contribution in [0.4, 0.5) is 22.9 Å². The van der Waals surface area contributed by atoms with Gasteiger partial charge in [0, 0.05) is 36.7 Å². The Morgan fingerprint density at radius 3 is 2.45 bits per heavy atom. The number of fused-ring (bicyclic) bond motifs is 1. The fourth-order valence-corrected chi connectivity index (χ4v) is 4.07. The number of para-hydroxylation sites is 1. The van der Waals surface area contributed by atoms with Crippen LogP contribution in [0.15, 0.2) is 60.9 Å². The van der Waals surface area contributed by atoms with Crippen LogP contribution in [-0.4, -0.2) is 35.5 Å². The molecule has 1 fully saturated rings. The van der Waals surface area contributed by atoms with E-state index in [2.05, 4.69) is 50.5 Å². The SMILES string of the molecule is O=C(c1cnc(Nc2ccc(N3CCCC3)cc2)cn1)N1CCc2ccccc21. The van der Waals surface area contributed by atoms with E-state index in [0.717, 1.165) is 30.9 Å². The first-order chi connectivity index (χ1) is 14.3. The molecule has 3 heterocycles. The molecule has 0 unspecified atom stereocenters. The lowest BCUT2D eigenvalue weighted by Crippen LogP contribution is -2.29. The van der Waals surface area contributed by atoms with Crippen LogP contribution in [0.25, 0.3) is 0 Å². The lowest BCUT2D eigenvalue weighted by Gasteiger charge is -2.18. The van der Waals surface area contributed by atoms with Crippen molar-refractivity contribution in [1.82, 2.24) is 9.97 Å². The molecule has 3 aromatic rings. The molecule has 0 atom stereocenters. The van der Waals surface area contributed by atoms with E-state index in [9.17, 15) is 4.79 Å². The Morgan fingerprint density at radius 1 is 0.897 bits per heavy atom. The van der Waals surface area contributed by atoms with Gasteiger partial charge < -0.3 is 15.1 Å². The van der Waals surface area contributed by atoms with E-state index in [-0.39, 0.29) is 5.91 Å². The van der Waals surface area contributed by atoms with Crippen LogP contribution in [0.1, 0.15) is 28.9 Å². The van der Waals surface area contributed by atoms with Crippen LogP contribution in [0.2, 0.25) is 0 Å². The summed E-state index contributed by atoms with van der Waals surface area (Å²) >= 11 is 0. The third-order valence-electron chi connectivity index (χ3n) is 5.61. The molecule has 1 N–H and O–H groups in total. The van der Waals surface area contributed by atoms with Crippen molar-refractivity contribution in [2.75, 3.05) is 34.8 Å². The molecule has 0 spiro atoms. The molecule has 6 heteroatoms. The molecule has 2 aliphatic heterocycles. The van der Waals surface area contributed by atoms with E-state index >= 15 is 0 Å². The van der Waals surface area contributed by atoms with Crippen molar-refractivity contribution in [2.45, 2.75) is 19.3 Å². The lowest BCUT2D eigenvalue weighted by molar-refractivity contribution is 0.0984. The van der Waals surface area contributed by atoms with Crippen molar-refractivity contribution in [2.24, 2.45) is 0 Å². The number of anilines is 4. The number of hydrogen-bond donors (Lipinski definition) is 1. The van der Waals surface area contributed by atoms with Gasteiger partial charge in [0.25, 0.3) is 5.91 Å². The minimum absolute atomic E-state index is 0.107. The van der Waals surface area contributed by atoms with E-state index in [1.807, 2.05) is 18.2 Å². The van der Waals surface area contributed by atoms with E-state index in [0.29, 0.717) is 18.1 Å². The van der Waals surface area contributed by atoms with Crippen molar-refractivity contribution < 1.29 is 4.79 Å². The van der Waals surface area contributed by atoms with E-state index in [4.69, 9.17) is 0 Å². The number of rotatable bonds is 4. The highest BCUT2D eigenvalue weighted by Gasteiger charge is 2.26. The Bertz CT molecular complexity index is 1010. The highest BCUT2D eigenvalue weighted by molar-refractivity contribution is 6.05. The van der Waals surface area contributed by atoms with Crippen LogP contribution in [0.5, 0.6) is 0 Å². The molecule has 6 nitrogen and oxygen atoms in total. The molecule has 1 saturated heterocycles. The van der Waals surface area contributed by atoms with Gasteiger partial charge in [-0.1, -0.05) is 18.2 Å². The molecule has 5 rings (SSSR count). The average molecular weight is 385 g/mol. The normalized spacial score (nSPS) is 15.4. The smallest absolute Gasteiger partial charge is 0.278 e. The highest BCUT2D eigenvalue weighted by Crippen LogP contribution is 2.28. The minimum Gasteiger partial charge on any atom is -0.372 e. The van der Waals surface area contributed by atoms with E-state index in [1.54, 1.807) is 17.3 Å². The minimum atomic E-state index is -0.107. The third kappa shape index (κ3) is 3.53. The number of benzene rings is 2. The van der Waals surface area contributed by atoms with Gasteiger partial charge in [0.2, 0.25) is 0 Å². The molecular weight excluding hydrogens is 362 g/mol. The van der Waals surface area contributed by atoms with Gasteiger partial charge in [-0.05, 0) is 55.2 Å². The second kappa shape index (κ2) is 7.54. The number of carbonyl (C=O) groups is 1. The van der Waals surface area contributed by atoms with Crippen LogP contribution >= 0.6 is 0 Å². The Kier molecular flexibility index (Phi) is 4.60. The predicted octanol–water partition coefficient (Wildman–Crippen LogP) is 4.02. The quantitative estimate of drug-likeness (QED) is 0.735. The van der Waals surface area contributed by atoms with Crippen LogP contribution in [0.3, 0.4) is 0 Å². The zero-order chi connectivity index (χ0) is 19.6. The van der Waals surface area contributed by atoms with Gasteiger partial charge in [-0.15, -0.1) is 0 Å². The van der Waals surface area contributed by atoms with Crippen LogP contribution in [0, 0.1) is 0 Å². The Hall–Kier alpha value is -3.41. The molecule has 146 valence electrons. The lowest BCUT2D eigenvalue weighted by atomic mass is 10.2. The average Bonchev–Trinajstić information content (AvgIpc) is 3.45. The summed E-state index contributed by atoms with van der Waals surface area (Å²) in [7, 11) is 0. The first-order valence-corrected chi connectivity index (χ1v) is 10.1. The first kappa shape index (κ1) is 17.7. The van der Waals surface area contributed by atoms with Crippen molar-refractivity contribution in [3.8, 4) is 0 Å². The van der Waals surface area contributed by atoms with Crippen molar-refractivity contribution >= 4 is 28.8 Å². The van der Waals surface area contributed by atoms with Gasteiger partial charge in [0.05, 0.1) is 12.4 Å². The molecule has 0 bridgehead atoms. The molecule has 1 amide bonds. The summed E-state index contributed by atoms with van der Waals surface area (Å²) in [6.07, 6.45) is 6.57. The molecule has 2 aromatic carbocycles. The second-order valence-electron chi connectivity index (χ2n) is 7.49. The molecule has 29 heavy (non-hydrogen) atoms. The number of nitrogens with one attached hydrogen (secondary N) is 1. The maximum Gasteiger partial charge on any atom is 0.278 e. The molecule has 0 radical (unpaired) electrons. The van der Waals surface area contributed by atoms with Gasteiger partial charge in [-0.25, -0.2) is 9.97 Å². The van der Waals surface area contributed by atoms with Gasteiger partial charge >= 0.3 is 0 Å². The van der Waals surface area contributed by atoms with Crippen molar-refractivity contribution in [3.05, 3.63) is 72.2 Å². The monoisotopic (exact) mass is 385 g/mol. The summed E-state index contributed by atoms with van der Waals surface area (Å²) in [6.45, 7) is 2.95. The zero-order valence-electron chi connectivity index (χ0n) is 16.2. The molecule has 0 saturated carbocycles. The Balaban J connectivity index is 1.26. The summed E-state index contributed by atoms with van der Waals surface area (Å²) in [5.41, 5.74) is 4.74. The zero-order valence-corrected chi connectivity index (χ0v) is 16.2. The van der Waals surface area contributed by atoms with Crippen LogP contribution < -0.4 is 15.1 Å². The highest BCUT2D eigenvalue weighted by atomic mass is 16.2. The fraction of sp³-hybridized carbons (Fsp3) is 0.261. The van der Waals surface area contributed by atoms with Crippen molar-refractivity contribution in [1.29, 1.82) is 0 Å². The molecule has 2 aliphatic rings. The number of nitrogens with zero attached hydrogens (tertiary/aromatic N) is 4. The standard InChI is InChI=1S/C23H23N5O/c29-23(28-14-11-17-5-1-2-6-21(17)28)20-15-25-22(16-24-20)26-18-7-9-19(10-8-18)27-12-3-4-13-27/h1-2,5-10,15-16H,3-4,11-14H2,(H,25,26). The predicted molar refractivity (Wildman–Crippen MR) is 115 cm³/mol. The number of hydrogen-bond acceptors (Lipinski definition) is 5. The fourth-order valence-electron chi connectivity index (χ4n) is 4.07. The topological polar surface area (TPSA) is 61.4 Å². The molecule has 1 aromatic heterocycles. The Morgan fingerprint density at radius 2 is 1.69 bits per heavy atom. The van der Waals surface area contributed by atoms with Crippen molar-refractivity contribution in [3.63, 3.8) is 0 Å². The largest absolute Gasteiger partial charge is 0.372 e. The van der Waals surface area contributed by atoms with Gasteiger partial charge in [-0.3, -0.25) is 4.79 Å². The number of amides is 1. The summed E-state index contributed by atoms with van der Waals surface area (Å²) in [5, 5.41) is 3.26. The van der Waals surface area contributed by atoms with E-state index in [1.165, 1.54) is 24.1 Å². The maximum absolute atomic E-state index is 12.8. The number of aromatic nitrogens is 2. The number of carbonyl (C=O) groups excluding carboxylic acids is 1. The van der Waals surface area contributed by atoms with Gasteiger partial charge in [-0.2, -0.15) is 0 Å². The molecular formula is C23H23N5O. The first-order valence-electron chi connectivity index (χ1n) is 10.1. The summed E-state index contributed by atoms with van der Waals surface area (Å²) < 4.78 is 0. The van der Waals surface area contributed by atoms with Gasteiger partial charge in [0.15, 0.2) is 0 Å². The second-order valence-corrected chi connectivity index (χ2v) is 7.49. The molecule has 0 aliphatic carbocycles. The van der Waals surface area contributed by atoms with Crippen LogP contribution in [-0.2, 0) is 6.42 Å². The van der Waals surface area contributed by atoms with Gasteiger partial charge in [0.1, 0.15) is 11.5 Å². The summed E-state index contributed by atoms with van der Waals surface area (Å²) in [6, 6.07) is 16.4. The maximum atomic E-state index is 12.8. The third-order valence-corrected chi connectivity index (χ3v) is 5.61. The van der Waals surface area contributed by atoms with E-state index < -0.39 is 0 Å². The summed E-state index contributed by atoms with van der Waals surface area (Å²) in [5.74, 6) is 0.515. The Labute approximate surface area is 170 Å². The summed E-state index contributed by atoms with van der Waals surface area (Å²) in [4.78, 5) is 25.8.